The van der Waals surface area contributed by atoms with E-state index in [0.29, 0.717) is 25.3 Å². The summed E-state index contributed by atoms with van der Waals surface area (Å²) >= 11 is 0. The molecule has 0 aromatic carbocycles. The van der Waals surface area contributed by atoms with Crippen LogP contribution in [0.1, 0.15) is 64.2 Å². The first-order chi connectivity index (χ1) is 9.62. The van der Waals surface area contributed by atoms with E-state index in [0.717, 1.165) is 25.7 Å². The van der Waals surface area contributed by atoms with Gasteiger partial charge in [-0.15, -0.1) is 0 Å². The van der Waals surface area contributed by atoms with Crippen LogP contribution in [0.2, 0.25) is 0 Å². The topological polar surface area (TPSA) is 78.4 Å². The number of hydrogen-bond acceptors (Lipinski definition) is 2. The lowest BCUT2D eigenvalue weighted by atomic mass is 9.90. The minimum absolute atomic E-state index is 0.318. The lowest BCUT2D eigenvalue weighted by molar-refractivity contribution is -0.145. The summed E-state index contributed by atoms with van der Waals surface area (Å²) in [6, 6.07) is -0.318. The molecule has 0 aliphatic heterocycles. The number of carbonyl (C=O) groups is 2. The van der Waals surface area contributed by atoms with Crippen molar-refractivity contribution in [1.29, 1.82) is 0 Å². The first kappa shape index (κ1) is 15.1. The zero-order valence-corrected chi connectivity index (χ0v) is 12.1. The zero-order chi connectivity index (χ0) is 14.4. The predicted molar refractivity (Wildman–Crippen MR) is 76.6 cm³/mol. The summed E-state index contributed by atoms with van der Waals surface area (Å²) in [5.74, 6) is -0.328. The molecule has 3 N–H and O–H groups in total. The molecule has 114 valence electrons. The molecule has 0 spiro atoms. The fourth-order valence-electron chi connectivity index (χ4n) is 3.44. The van der Waals surface area contributed by atoms with Crippen LogP contribution in [0.25, 0.3) is 0 Å². The van der Waals surface area contributed by atoms with Gasteiger partial charge in [-0.3, -0.25) is 0 Å². The van der Waals surface area contributed by atoms with Gasteiger partial charge >= 0.3 is 12.0 Å². The van der Waals surface area contributed by atoms with E-state index in [1.807, 2.05) is 0 Å². The fourth-order valence-corrected chi connectivity index (χ4v) is 3.44. The number of carboxylic acid groups (broad SMARTS) is 1. The molecule has 0 aromatic heterocycles. The lowest BCUT2D eigenvalue weighted by Crippen LogP contribution is -2.57. The molecule has 2 aliphatic rings. The molecule has 2 amide bonds. The number of urea groups is 1. The third-order valence-corrected chi connectivity index (χ3v) is 4.75. The van der Waals surface area contributed by atoms with Crippen LogP contribution < -0.4 is 10.6 Å². The summed E-state index contributed by atoms with van der Waals surface area (Å²) in [5.41, 5.74) is -1.06. The summed E-state index contributed by atoms with van der Waals surface area (Å²) in [5, 5.41) is 15.1. The monoisotopic (exact) mass is 282 g/mol. The van der Waals surface area contributed by atoms with Crippen molar-refractivity contribution in [3.05, 3.63) is 0 Å². The maximum atomic E-state index is 12.0. The SMILES string of the molecule is O=C(NCC1CCCC1)NC1(C(=O)O)CCCCCC1. The largest absolute Gasteiger partial charge is 0.480 e. The van der Waals surface area contributed by atoms with Gasteiger partial charge in [-0.2, -0.15) is 0 Å². The van der Waals surface area contributed by atoms with Crippen molar-refractivity contribution < 1.29 is 14.7 Å². The van der Waals surface area contributed by atoms with Crippen LogP contribution in [0.4, 0.5) is 4.79 Å². The van der Waals surface area contributed by atoms with Crippen molar-refractivity contribution in [3.8, 4) is 0 Å². The van der Waals surface area contributed by atoms with Crippen molar-refractivity contribution in [1.82, 2.24) is 10.6 Å². The molecule has 0 heterocycles. The van der Waals surface area contributed by atoms with Gasteiger partial charge in [0.05, 0.1) is 0 Å². The highest BCUT2D eigenvalue weighted by atomic mass is 16.4. The van der Waals surface area contributed by atoms with Crippen LogP contribution in [0.15, 0.2) is 0 Å². The molecule has 2 aliphatic carbocycles. The van der Waals surface area contributed by atoms with Crippen LogP contribution in [-0.4, -0.2) is 29.2 Å². The average Bonchev–Trinajstić information content (AvgIpc) is 2.82. The minimum atomic E-state index is -1.06. The summed E-state index contributed by atoms with van der Waals surface area (Å²) < 4.78 is 0. The van der Waals surface area contributed by atoms with Gasteiger partial charge in [0.25, 0.3) is 0 Å². The Labute approximate surface area is 120 Å². The van der Waals surface area contributed by atoms with Crippen molar-refractivity contribution in [2.75, 3.05) is 6.54 Å². The van der Waals surface area contributed by atoms with Gasteiger partial charge in [-0.05, 0) is 31.6 Å². The molecule has 5 heteroatoms. The average molecular weight is 282 g/mol. The lowest BCUT2D eigenvalue weighted by Gasteiger charge is -2.29. The third kappa shape index (κ3) is 3.87. The minimum Gasteiger partial charge on any atom is -0.480 e. The number of nitrogens with one attached hydrogen (secondary N) is 2. The van der Waals surface area contributed by atoms with E-state index < -0.39 is 11.5 Å². The summed E-state index contributed by atoms with van der Waals surface area (Å²) in [7, 11) is 0. The zero-order valence-electron chi connectivity index (χ0n) is 12.1. The first-order valence-corrected chi connectivity index (χ1v) is 7.92. The predicted octanol–water partition coefficient (Wildman–Crippen LogP) is 2.65. The highest BCUT2D eigenvalue weighted by Gasteiger charge is 2.40. The normalized spacial score (nSPS) is 23.0. The Morgan fingerprint density at radius 1 is 1.00 bits per heavy atom. The molecule has 0 aromatic rings. The molecule has 2 fully saturated rings. The smallest absolute Gasteiger partial charge is 0.329 e. The standard InChI is InChI=1S/C15H26N2O3/c18-13(19)15(9-5-1-2-6-10-15)17-14(20)16-11-12-7-3-4-8-12/h12H,1-11H2,(H,18,19)(H2,16,17,20). The second kappa shape index (κ2) is 6.95. The van der Waals surface area contributed by atoms with Crippen molar-refractivity contribution in [2.24, 2.45) is 5.92 Å². The number of amides is 2. The maximum absolute atomic E-state index is 12.0. The molecular formula is C15H26N2O3. The molecule has 0 atom stereocenters. The van der Waals surface area contributed by atoms with E-state index >= 15 is 0 Å². The number of aliphatic carboxylic acids is 1. The second-order valence-corrected chi connectivity index (χ2v) is 6.29. The van der Waals surface area contributed by atoms with Crippen LogP contribution in [0, 0.1) is 5.92 Å². The van der Waals surface area contributed by atoms with Crippen molar-refractivity contribution >= 4 is 12.0 Å². The Morgan fingerprint density at radius 2 is 1.60 bits per heavy atom. The van der Waals surface area contributed by atoms with Crippen molar-refractivity contribution in [2.45, 2.75) is 69.7 Å². The van der Waals surface area contributed by atoms with Gasteiger partial charge in [0.15, 0.2) is 0 Å². The van der Waals surface area contributed by atoms with Crippen LogP contribution in [0.3, 0.4) is 0 Å². The number of hydrogen-bond donors (Lipinski definition) is 3. The van der Waals surface area contributed by atoms with Crippen LogP contribution in [0.5, 0.6) is 0 Å². The molecule has 5 nitrogen and oxygen atoms in total. The van der Waals surface area contributed by atoms with Gasteiger partial charge in [0.1, 0.15) is 5.54 Å². The van der Waals surface area contributed by atoms with Gasteiger partial charge < -0.3 is 15.7 Å². The summed E-state index contributed by atoms with van der Waals surface area (Å²) in [6.07, 6.45) is 9.76. The third-order valence-electron chi connectivity index (χ3n) is 4.75. The van der Waals surface area contributed by atoms with Gasteiger partial charge in [0.2, 0.25) is 0 Å². The van der Waals surface area contributed by atoms with E-state index in [9.17, 15) is 14.7 Å². The Hall–Kier alpha value is -1.26. The van der Waals surface area contributed by atoms with Gasteiger partial charge in [0, 0.05) is 6.54 Å². The van der Waals surface area contributed by atoms with E-state index in [-0.39, 0.29) is 6.03 Å². The highest BCUT2D eigenvalue weighted by Crippen LogP contribution is 2.27. The Balaban J connectivity index is 1.86. The molecule has 20 heavy (non-hydrogen) atoms. The van der Waals surface area contributed by atoms with Crippen LogP contribution in [-0.2, 0) is 4.79 Å². The highest BCUT2D eigenvalue weighted by molar-refractivity contribution is 5.86. The van der Waals surface area contributed by atoms with E-state index in [1.165, 1.54) is 25.7 Å². The Kier molecular flexibility index (Phi) is 5.26. The van der Waals surface area contributed by atoms with E-state index in [4.69, 9.17) is 0 Å². The maximum Gasteiger partial charge on any atom is 0.329 e. The second-order valence-electron chi connectivity index (χ2n) is 6.29. The molecule has 0 bridgehead atoms. The van der Waals surface area contributed by atoms with E-state index in [2.05, 4.69) is 10.6 Å². The first-order valence-electron chi connectivity index (χ1n) is 7.92. The number of rotatable bonds is 4. The van der Waals surface area contributed by atoms with E-state index in [1.54, 1.807) is 0 Å². The fraction of sp³-hybridized carbons (Fsp3) is 0.867. The molecule has 2 rings (SSSR count). The number of carbonyl (C=O) groups excluding carboxylic acids is 1. The number of carboxylic acids is 1. The molecule has 2 saturated carbocycles. The molecule has 0 radical (unpaired) electrons. The molecule has 0 unspecified atom stereocenters. The van der Waals surface area contributed by atoms with Gasteiger partial charge in [-0.25, -0.2) is 9.59 Å². The Morgan fingerprint density at radius 3 is 2.15 bits per heavy atom. The Bertz CT molecular complexity index is 343. The van der Waals surface area contributed by atoms with Crippen molar-refractivity contribution in [3.63, 3.8) is 0 Å². The van der Waals surface area contributed by atoms with Crippen LogP contribution >= 0.6 is 0 Å². The summed E-state index contributed by atoms with van der Waals surface area (Å²) in [4.78, 5) is 23.6. The molecular weight excluding hydrogens is 256 g/mol. The van der Waals surface area contributed by atoms with Gasteiger partial charge in [-0.1, -0.05) is 38.5 Å². The summed E-state index contributed by atoms with van der Waals surface area (Å²) in [6.45, 7) is 0.668. The molecule has 0 saturated heterocycles. The quantitative estimate of drug-likeness (QED) is 0.694.